The van der Waals surface area contributed by atoms with Crippen molar-refractivity contribution >= 4 is 30.2 Å². The van der Waals surface area contributed by atoms with Crippen LogP contribution in [0.25, 0.3) is 0 Å². The number of nitrogens with one attached hydrogen (secondary N) is 2. The summed E-state index contributed by atoms with van der Waals surface area (Å²) in [6.07, 6.45) is 3.11. The van der Waals surface area contributed by atoms with Crippen molar-refractivity contribution < 1.29 is 19.5 Å². The van der Waals surface area contributed by atoms with Crippen molar-refractivity contribution in [1.29, 1.82) is 0 Å². The van der Waals surface area contributed by atoms with Crippen molar-refractivity contribution in [2.75, 3.05) is 6.54 Å². The van der Waals surface area contributed by atoms with Gasteiger partial charge in [0, 0.05) is 12.5 Å². The molecule has 0 unspecified atom stereocenters. The van der Waals surface area contributed by atoms with Gasteiger partial charge in [-0.05, 0) is 43.4 Å². The molecule has 0 radical (unpaired) electrons. The second kappa shape index (κ2) is 11.4. The summed E-state index contributed by atoms with van der Waals surface area (Å²) in [5, 5.41) is 14.7. The van der Waals surface area contributed by atoms with Crippen molar-refractivity contribution in [2.45, 2.75) is 65.5 Å². The molecule has 1 aliphatic rings. The Hall–Kier alpha value is -1.34. The smallest absolute Gasteiger partial charge is 0.326 e. The summed E-state index contributed by atoms with van der Waals surface area (Å²) in [5.41, 5.74) is 5.82. The van der Waals surface area contributed by atoms with Gasteiger partial charge in [-0.15, -0.1) is 12.4 Å². The molecule has 1 rings (SSSR count). The predicted molar refractivity (Wildman–Crippen MR) is 103 cm³/mol. The summed E-state index contributed by atoms with van der Waals surface area (Å²) in [4.78, 5) is 35.4. The first-order valence-corrected chi connectivity index (χ1v) is 9.19. The molecular formula is C18H34ClN3O4. The van der Waals surface area contributed by atoms with E-state index in [4.69, 9.17) is 5.73 Å². The number of hydrogen-bond donors (Lipinski definition) is 4. The van der Waals surface area contributed by atoms with Gasteiger partial charge in [0.1, 0.15) is 6.04 Å². The highest BCUT2D eigenvalue weighted by Gasteiger charge is 2.30. The van der Waals surface area contributed by atoms with Crippen LogP contribution >= 0.6 is 12.4 Å². The van der Waals surface area contributed by atoms with Crippen LogP contribution in [-0.2, 0) is 14.4 Å². The van der Waals surface area contributed by atoms with E-state index in [1.807, 2.05) is 13.8 Å². The Bertz CT molecular complexity index is 477. The summed E-state index contributed by atoms with van der Waals surface area (Å²) in [7, 11) is 0. The van der Waals surface area contributed by atoms with Crippen LogP contribution in [0.5, 0.6) is 0 Å². The first-order chi connectivity index (χ1) is 11.6. The maximum absolute atomic E-state index is 12.3. The molecule has 0 saturated heterocycles. The quantitative estimate of drug-likeness (QED) is 0.500. The van der Waals surface area contributed by atoms with E-state index in [0.29, 0.717) is 25.3 Å². The van der Waals surface area contributed by atoms with Gasteiger partial charge < -0.3 is 21.5 Å². The number of amides is 2. The Kier molecular flexibility index (Phi) is 10.8. The van der Waals surface area contributed by atoms with Crippen LogP contribution in [0.1, 0.15) is 53.4 Å². The van der Waals surface area contributed by atoms with Gasteiger partial charge in [0.2, 0.25) is 11.8 Å². The first-order valence-electron chi connectivity index (χ1n) is 9.19. The van der Waals surface area contributed by atoms with E-state index >= 15 is 0 Å². The maximum Gasteiger partial charge on any atom is 0.326 e. The van der Waals surface area contributed by atoms with Crippen molar-refractivity contribution in [3.05, 3.63) is 0 Å². The van der Waals surface area contributed by atoms with Gasteiger partial charge in [0.05, 0.1) is 6.04 Å². The molecule has 0 aromatic carbocycles. The fraction of sp³-hybridized carbons (Fsp3) is 0.833. The lowest BCUT2D eigenvalue weighted by atomic mass is 9.81. The minimum Gasteiger partial charge on any atom is -0.480 e. The molecule has 2 amide bonds. The Morgan fingerprint density at radius 2 is 1.58 bits per heavy atom. The van der Waals surface area contributed by atoms with Crippen LogP contribution in [0.2, 0.25) is 0 Å². The average molecular weight is 392 g/mol. The predicted octanol–water partition coefficient (Wildman–Crippen LogP) is 1.54. The van der Waals surface area contributed by atoms with Crippen molar-refractivity contribution in [1.82, 2.24) is 10.6 Å². The van der Waals surface area contributed by atoms with E-state index in [0.717, 1.165) is 12.8 Å². The highest BCUT2D eigenvalue weighted by Crippen LogP contribution is 2.28. The Balaban J connectivity index is 0.00000625. The van der Waals surface area contributed by atoms with Gasteiger partial charge in [0.15, 0.2) is 0 Å². The molecule has 0 heterocycles. The molecule has 0 aromatic rings. The summed E-state index contributed by atoms with van der Waals surface area (Å²) >= 11 is 0. The summed E-state index contributed by atoms with van der Waals surface area (Å²) in [6, 6.07) is -1.34. The number of halogens is 1. The summed E-state index contributed by atoms with van der Waals surface area (Å²) < 4.78 is 0. The minimum absolute atomic E-state index is 0. The zero-order valence-electron chi connectivity index (χ0n) is 16.2. The second-order valence-corrected chi connectivity index (χ2v) is 7.80. The summed E-state index contributed by atoms with van der Waals surface area (Å²) in [6.45, 7) is 7.96. The molecule has 26 heavy (non-hydrogen) atoms. The number of carboxylic acid groups (broad SMARTS) is 1. The van der Waals surface area contributed by atoms with Crippen LogP contribution in [0.4, 0.5) is 0 Å². The standard InChI is InChI=1S/C18H33N3O4.ClH/c1-10(2)14(19)17(23)20-9-12-5-7-13(8-6-12)16(22)21-15(11(3)4)18(24)25;/h10-15H,5-9,19H2,1-4H3,(H,20,23)(H,21,22)(H,24,25);1H/t12?,13?,14-,15-;/m1./s1. The maximum atomic E-state index is 12.3. The fourth-order valence-electron chi connectivity index (χ4n) is 3.08. The molecule has 1 aliphatic carbocycles. The average Bonchev–Trinajstić information content (AvgIpc) is 2.56. The van der Waals surface area contributed by atoms with Crippen LogP contribution in [0, 0.1) is 23.7 Å². The topological polar surface area (TPSA) is 122 Å². The van der Waals surface area contributed by atoms with Crippen LogP contribution in [-0.4, -0.2) is 41.5 Å². The molecule has 0 bridgehead atoms. The Morgan fingerprint density at radius 3 is 2.00 bits per heavy atom. The van der Waals surface area contributed by atoms with E-state index in [-0.39, 0.29) is 42.0 Å². The summed E-state index contributed by atoms with van der Waals surface area (Å²) in [5.74, 6) is -1.17. The van der Waals surface area contributed by atoms with Crippen LogP contribution < -0.4 is 16.4 Å². The zero-order valence-corrected chi connectivity index (χ0v) is 17.0. The molecule has 7 nitrogen and oxygen atoms in total. The van der Waals surface area contributed by atoms with Crippen LogP contribution in [0.3, 0.4) is 0 Å². The number of nitrogens with two attached hydrogens (primary N) is 1. The third-order valence-corrected chi connectivity index (χ3v) is 5.03. The molecule has 5 N–H and O–H groups in total. The largest absolute Gasteiger partial charge is 0.480 e. The van der Waals surface area contributed by atoms with E-state index in [2.05, 4.69) is 10.6 Å². The van der Waals surface area contributed by atoms with Crippen LogP contribution in [0.15, 0.2) is 0 Å². The monoisotopic (exact) mass is 391 g/mol. The molecule has 152 valence electrons. The number of carbonyl (C=O) groups excluding carboxylic acids is 2. The highest BCUT2D eigenvalue weighted by atomic mass is 35.5. The molecule has 0 aliphatic heterocycles. The lowest BCUT2D eigenvalue weighted by molar-refractivity contribution is -0.144. The van der Waals surface area contributed by atoms with Gasteiger partial charge in [-0.1, -0.05) is 27.7 Å². The lowest BCUT2D eigenvalue weighted by Gasteiger charge is -2.29. The van der Waals surface area contributed by atoms with Crippen molar-refractivity contribution in [3.63, 3.8) is 0 Å². The highest BCUT2D eigenvalue weighted by molar-refractivity contribution is 5.85. The van der Waals surface area contributed by atoms with Crippen molar-refractivity contribution in [2.24, 2.45) is 29.4 Å². The van der Waals surface area contributed by atoms with E-state index in [1.165, 1.54) is 0 Å². The fourth-order valence-corrected chi connectivity index (χ4v) is 3.08. The van der Waals surface area contributed by atoms with E-state index < -0.39 is 18.1 Å². The molecule has 8 heteroatoms. The van der Waals surface area contributed by atoms with Gasteiger partial charge >= 0.3 is 5.97 Å². The third kappa shape index (κ3) is 7.50. The molecule has 0 aromatic heterocycles. The van der Waals surface area contributed by atoms with E-state index in [9.17, 15) is 19.5 Å². The molecule has 0 spiro atoms. The normalized spacial score (nSPS) is 22.3. The zero-order chi connectivity index (χ0) is 19.1. The number of aliphatic carboxylic acids is 1. The van der Waals surface area contributed by atoms with Crippen molar-refractivity contribution in [3.8, 4) is 0 Å². The third-order valence-electron chi connectivity index (χ3n) is 5.03. The first kappa shape index (κ1) is 24.7. The molecule has 1 fully saturated rings. The second-order valence-electron chi connectivity index (χ2n) is 7.80. The number of rotatable bonds is 8. The van der Waals surface area contributed by atoms with E-state index in [1.54, 1.807) is 13.8 Å². The molecule has 1 saturated carbocycles. The molecule has 2 atom stereocenters. The van der Waals surface area contributed by atoms with Gasteiger partial charge in [-0.25, -0.2) is 4.79 Å². The minimum atomic E-state index is -0.999. The van der Waals surface area contributed by atoms with Gasteiger partial charge in [-0.3, -0.25) is 9.59 Å². The number of carboxylic acids is 1. The van der Waals surface area contributed by atoms with Gasteiger partial charge in [0.25, 0.3) is 0 Å². The number of carbonyl (C=O) groups is 3. The Morgan fingerprint density at radius 1 is 1.04 bits per heavy atom. The Labute approximate surface area is 162 Å². The lowest BCUT2D eigenvalue weighted by Crippen LogP contribution is -2.48. The number of hydrogen-bond acceptors (Lipinski definition) is 4. The molecular weight excluding hydrogens is 358 g/mol. The van der Waals surface area contributed by atoms with Gasteiger partial charge in [-0.2, -0.15) is 0 Å². The SMILES string of the molecule is CC(C)[C@@H](N)C(=O)NCC1CCC(C(=O)N[C@@H](C(=O)O)C(C)C)CC1.Cl.